The van der Waals surface area contributed by atoms with Gasteiger partial charge in [-0.3, -0.25) is 0 Å². The second-order valence-corrected chi connectivity index (χ2v) is 15.7. The van der Waals surface area contributed by atoms with E-state index in [0.29, 0.717) is 0 Å². The second kappa shape index (κ2) is 10.0. The summed E-state index contributed by atoms with van der Waals surface area (Å²) in [7, 11) is 0. The van der Waals surface area contributed by atoms with Crippen LogP contribution in [0.1, 0.15) is 54.2 Å². The summed E-state index contributed by atoms with van der Waals surface area (Å²) in [5.74, 6) is 0. The number of fused-ring (bicyclic) bond motifs is 10. The minimum absolute atomic E-state index is 0.0763. The van der Waals surface area contributed by atoms with Gasteiger partial charge >= 0.3 is 0 Å². The van der Waals surface area contributed by atoms with Crippen molar-refractivity contribution in [3.05, 3.63) is 154 Å². The molecule has 0 fully saturated rings. The monoisotopic (exact) mass is 645 g/mol. The van der Waals surface area contributed by atoms with E-state index in [1.165, 1.54) is 107 Å². The summed E-state index contributed by atoms with van der Waals surface area (Å²) < 4.78 is 0. The number of nitrogens with zero attached hydrogens (tertiary/aromatic N) is 3. The molecule has 0 saturated heterocycles. The maximum absolute atomic E-state index is 2.63. The number of hydrogen-bond acceptors (Lipinski definition) is 3. The topological polar surface area (TPSA) is 9.72 Å². The lowest BCUT2D eigenvalue weighted by atomic mass is 9.41. The lowest BCUT2D eigenvalue weighted by molar-refractivity contribution is 0.590. The molecular weight excluding hydrogens is 605 g/mol. The summed E-state index contributed by atoms with van der Waals surface area (Å²) in [5, 5.41) is 0. The second-order valence-electron chi connectivity index (χ2n) is 15.7. The van der Waals surface area contributed by atoms with Crippen molar-refractivity contribution in [3.63, 3.8) is 0 Å². The highest BCUT2D eigenvalue weighted by Crippen LogP contribution is 2.63. The van der Waals surface area contributed by atoms with Crippen LogP contribution in [0.4, 0.5) is 39.8 Å². The van der Waals surface area contributed by atoms with Gasteiger partial charge in [-0.05, 0) is 126 Å². The first-order valence-electron chi connectivity index (χ1n) is 17.9. The third kappa shape index (κ3) is 3.88. The number of benzene rings is 6. The predicted molar refractivity (Wildman–Crippen MR) is 213 cm³/mol. The Morgan fingerprint density at radius 3 is 1.74 bits per heavy atom. The number of hydrogen-bond donors (Lipinski definition) is 0. The zero-order chi connectivity index (χ0) is 34.2. The normalized spacial score (nSPS) is 14.9. The summed E-state index contributed by atoms with van der Waals surface area (Å²) in [6.07, 6.45) is 0. The van der Waals surface area contributed by atoms with E-state index in [4.69, 9.17) is 0 Å². The summed E-state index contributed by atoms with van der Waals surface area (Å²) in [6, 6.07) is 43.8. The van der Waals surface area contributed by atoms with Gasteiger partial charge in [0, 0.05) is 17.0 Å². The van der Waals surface area contributed by atoms with Crippen LogP contribution in [0.15, 0.2) is 121 Å². The fourth-order valence-corrected chi connectivity index (χ4v) is 8.81. The summed E-state index contributed by atoms with van der Waals surface area (Å²) >= 11 is 0. The van der Waals surface area contributed by atoms with Gasteiger partial charge in [-0.15, -0.1) is 0 Å². The average molecular weight is 646 g/mol. The third-order valence-electron chi connectivity index (χ3n) is 11.6. The van der Waals surface area contributed by atoms with Crippen LogP contribution in [0, 0.1) is 27.7 Å². The molecule has 6 aromatic rings. The van der Waals surface area contributed by atoms with Crippen LogP contribution in [0.25, 0.3) is 16.8 Å². The van der Waals surface area contributed by atoms with E-state index in [-0.39, 0.29) is 12.1 Å². The Labute approximate surface area is 296 Å². The highest BCUT2D eigenvalue weighted by Gasteiger charge is 2.53. The predicted octanol–water partition coefficient (Wildman–Crippen LogP) is 10.8. The minimum atomic E-state index is 0.0763. The van der Waals surface area contributed by atoms with E-state index >= 15 is 0 Å². The molecular formula is C46H40BN3. The molecule has 0 spiro atoms. The Hall–Kier alpha value is -5.48. The molecule has 242 valence electrons. The molecule has 4 heteroatoms. The van der Waals surface area contributed by atoms with Crippen molar-refractivity contribution in [2.24, 2.45) is 0 Å². The first kappa shape index (κ1) is 29.4. The molecule has 0 atom stereocenters. The van der Waals surface area contributed by atoms with Gasteiger partial charge in [0.05, 0.1) is 34.1 Å². The van der Waals surface area contributed by atoms with Crippen LogP contribution in [-0.4, -0.2) is 6.71 Å². The van der Waals surface area contributed by atoms with E-state index in [0.717, 1.165) is 0 Å². The third-order valence-corrected chi connectivity index (χ3v) is 11.6. The van der Waals surface area contributed by atoms with Crippen LogP contribution in [0.3, 0.4) is 0 Å². The molecule has 0 unspecified atom stereocenters. The van der Waals surface area contributed by atoms with Gasteiger partial charge in [0.25, 0.3) is 6.71 Å². The van der Waals surface area contributed by atoms with Gasteiger partial charge in [-0.1, -0.05) is 99.0 Å². The number of aryl methyl sites for hydroxylation is 4. The average Bonchev–Trinajstić information content (AvgIpc) is 3.59. The standard InChI is InChI=1S/C46H40BN3/c1-27-21-35-36(22-28(27)2)47-37-23-29(3)30(4)24-40(37)49-42-26-32(31-13-9-8-10-14-31)25-41-44(42)50(43(35)45(47)49)39-16-12-11-15-38(39)48(41)34-19-17-33(18-20-34)46(5,6)7/h8-26H,1-7H3. The largest absolute Gasteiger partial charge is 0.319 e. The molecule has 10 rings (SSSR count). The highest BCUT2D eigenvalue weighted by atomic mass is 15.3. The maximum atomic E-state index is 2.63. The van der Waals surface area contributed by atoms with Crippen molar-refractivity contribution in [1.29, 1.82) is 0 Å². The van der Waals surface area contributed by atoms with Crippen molar-refractivity contribution in [1.82, 2.24) is 0 Å². The van der Waals surface area contributed by atoms with Crippen molar-refractivity contribution in [2.45, 2.75) is 53.9 Å². The van der Waals surface area contributed by atoms with Crippen LogP contribution in [0.5, 0.6) is 0 Å². The van der Waals surface area contributed by atoms with Crippen LogP contribution in [0.2, 0.25) is 0 Å². The van der Waals surface area contributed by atoms with Gasteiger partial charge in [-0.2, -0.15) is 0 Å². The quantitative estimate of drug-likeness (QED) is 0.174. The molecule has 50 heavy (non-hydrogen) atoms. The van der Waals surface area contributed by atoms with Crippen LogP contribution < -0.4 is 25.6 Å². The molecule has 0 N–H and O–H groups in total. The molecule has 0 bridgehead atoms. The molecule has 0 aliphatic carbocycles. The summed E-state index contributed by atoms with van der Waals surface area (Å²) in [5.41, 5.74) is 24.6. The highest BCUT2D eigenvalue weighted by molar-refractivity contribution is 6.97. The van der Waals surface area contributed by atoms with Gasteiger partial charge in [-0.25, -0.2) is 0 Å². The Morgan fingerprint density at radius 1 is 0.480 bits per heavy atom. The molecule has 4 aliphatic rings. The lowest BCUT2D eigenvalue weighted by Gasteiger charge is -2.47. The lowest BCUT2D eigenvalue weighted by Crippen LogP contribution is -2.40. The van der Waals surface area contributed by atoms with Gasteiger partial charge in [0.15, 0.2) is 0 Å². The van der Waals surface area contributed by atoms with Crippen molar-refractivity contribution in [3.8, 4) is 11.1 Å². The molecule has 6 aromatic carbocycles. The molecule has 0 amide bonds. The Balaban J connectivity index is 1.34. The molecule has 3 nitrogen and oxygen atoms in total. The molecule has 4 heterocycles. The van der Waals surface area contributed by atoms with Gasteiger partial charge < -0.3 is 14.7 Å². The summed E-state index contributed by atoms with van der Waals surface area (Å²) in [6.45, 7) is 16.1. The van der Waals surface area contributed by atoms with Crippen molar-refractivity contribution >= 4 is 63.1 Å². The first-order valence-corrected chi connectivity index (χ1v) is 17.9. The Morgan fingerprint density at radius 2 is 1.06 bits per heavy atom. The Bertz CT molecular complexity index is 2470. The van der Waals surface area contributed by atoms with Gasteiger partial charge in [0.1, 0.15) is 0 Å². The zero-order valence-corrected chi connectivity index (χ0v) is 29.9. The molecule has 0 aromatic heterocycles. The number of anilines is 7. The molecule has 0 saturated carbocycles. The fourth-order valence-electron chi connectivity index (χ4n) is 8.81. The smallest absolute Gasteiger partial charge is 0.268 e. The number of rotatable bonds is 2. The first-order chi connectivity index (χ1) is 24.1. The minimum Gasteiger partial charge on any atom is -0.319 e. The number of para-hydroxylation sites is 2. The van der Waals surface area contributed by atoms with Crippen molar-refractivity contribution < 1.29 is 0 Å². The van der Waals surface area contributed by atoms with E-state index in [1.54, 1.807) is 0 Å². The van der Waals surface area contributed by atoms with Crippen molar-refractivity contribution in [2.75, 3.05) is 14.7 Å². The fraction of sp³-hybridized carbons (Fsp3) is 0.174. The van der Waals surface area contributed by atoms with E-state index < -0.39 is 0 Å². The molecule has 0 radical (unpaired) electrons. The molecule has 4 aliphatic heterocycles. The Kier molecular flexibility index (Phi) is 5.91. The van der Waals surface area contributed by atoms with E-state index in [2.05, 4.69) is 178 Å². The van der Waals surface area contributed by atoms with Gasteiger partial charge in [0.2, 0.25) is 0 Å². The van der Waals surface area contributed by atoms with E-state index in [9.17, 15) is 0 Å². The zero-order valence-electron chi connectivity index (χ0n) is 29.9. The van der Waals surface area contributed by atoms with E-state index in [1.807, 2.05) is 0 Å². The summed E-state index contributed by atoms with van der Waals surface area (Å²) in [4.78, 5) is 7.74. The van der Waals surface area contributed by atoms with Crippen LogP contribution >= 0.6 is 0 Å². The van der Waals surface area contributed by atoms with Crippen LogP contribution in [-0.2, 0) is 5.41 Å². The maximum Gasteiger partial charge on any atom is 0.268 e. The SMILES string of the molecule is Cc1cc2c(cc1C)C1=C3B2c2cc(C)c(C)cc2N3c2cc(-c3ccccc3)cc3c2N1c1ccccc1N3c1ccc(C(C)(C)C)cc1.